The van der Waals surface area contributed by atoms with Crippen LogP contribution in [0.4, 0.5) is 0 Å². The molecule has 1 N–H and O–H groups in total. The summed E-state index contributed by atoms with van der Waals surface area (Å²) in [4.78, 5) is 8.68. The van der Waals surface area contributed by atoms with Crippen LogP contribution < -0.4 is 5.32 Å². The first-order chi connectivity index (χ1) is 7.76. The Kier molecular flexibility index (Phi) is 3.51. The van der Waals surface area contributed by atoms with Gasteiger partial charge >= 0.3 is 0 Å². The number of nitrogens with one attached hydrogen (secondary N) is 1. The molecule has 1 aliphatic rings. The van der Waals surface area contributed by atoms with Gasteiger partial charge in [-0.25, -0.2) is 0 Å². The molecule has 1 aliphatic heterocycles. The molecule has 2 heterocycles. The van der Waals surface area contributed by atoms with Crippen molar-refractivity contribution in [3.8, 4) is 0 Å². The van der Waals surface area contributed by atoms with Crippen molar-refractivity contribution in [1.29, 1.82) is 0 Å². The number of rotatable bonds is 3. The maximum Gasteiger partial charge on any atom is 0.0758 e. The molecule has 1 aromatic heterocycles. The number of piperidine rings is 1. The summed E-state index contributed by atoms with van der Waals surface area (Å²) in [5.41, 5.74) is 2.02. The molecule has 0 saturated carbocycles. The number of aromatic nitrogens is 2. The fourth-order valence-corrected chi connectivity index (χ4v) is 2.25. The highest BCUT2D eigenvalue weighted by atomic mass is 16.5. The highest BCUT2D eigenvalue weighted by molar-refractivity contribution is 5.12. The molecular weight excluding hydrogens is 202 g/mol. The summed E-state index contributed by atoms with van der Waals surface area (Å²) in [7, 11) is 1.80. The third-order valence-corrected chi connectivity index (χ3v) is 3.42. The molecule has 2 rings (SSSR count). The lowest BCUT2D eigenvalue weighted by Gasteiger charge is -2.36. The van der Waals surface area contributed by atoms with Gasteiger partial charge < -0.3 is 10.1 Å². The van der Waals surface area contributed by atoms with Gasteiger partial charge in [-0.1, -0.05) is 0 Å². The first kappa shape index (κ1) is 11.5. The summed E-state index contributed by atoms with van der Waals surface area (Å²) in [5, 5.41) is 3.36. The van der Waals surface area contributed by atoms with Crippen LogP contribution in [0.25, 0.3) is 0 Å². The largest absolute Gasteiger partial charge is 0.378 e. The van der Waals surface area contributed by atoms with Crippen LogP contribution in [-0.2, 0) is 11.2 Å². The summed E-state index contributed by atoms with van der Waals surface area (Å²) in [6, 6.07) is 0. The highest BCUT2D eigenvalue weighted by Gasteiger charge is 2.32. The molecule has 4 heteroatoms. The first-order valence-corrected chi connectivity index (χ1v) is 5.78. The van der Waals surface area contributed by atoms with Gasteiger partial charge in [0.25, 0.3) is 0 Å². The summed E-state index contributed by atoms with van der Waals surface area (Å²) in [6.07, 6.45) is 6.44. The van der Waals surface area contributed by atoms with E-state index in [1.165, 1.54) is 0 Å². The van der Waals surface area contributed by atoms with E-state index in [0.29, 0.717) is 0 Å². The standard InChI is InChI=1S/C12H19N3O/c1-10-11(15-8-7-14-10)9-12(16-2)3-5-13-6-4-12/h7-8,13H,3-6,9H2,1-2H3. The van der Waals surface area contributed by atoms with E-state index in [-0.39, 0.29) is 5.60 Å². The third-order valence-electron chi connectivity index (χ3n) is 3.42. The minimum absolute atomic E-state index is 0.0496. The van der Waals surface area contributed by atoms with Crippen molar-refractivity contribution in [2.24, 2.45) is 0 Å². The molecular formula is C12H19N3O. The van der Waals surface area contributed by atoms with E-state index in [9.17, 15) is 0 Å². The Labute approximate surface area is 96.4 Å². The lowest BCUT2D eigenvalue weighted by Crippen LogP contribution is -2.45. The van der Waals surface area contributed by atoms with Gasteiger partial charge in [0.05, 0.1) is 17.0 Å². The summed E-state index contributed by atoms with van der Waals surface area (Å²) in [6.45, 7) is 4.05. The number of aryl methyl sites for hydroxylation is 1. The fourth-order valence-electron chi connectivity index (χ4n) is 2.25. The maximum atomic E-state index is 5.73. The molecule has 4 nitrogen and oxygen atoms in total. The van der Waals surface area contributed by atoms with Crippen molar-refractivity contribution >= 4 is 0 Å². The lowest BCUT2D eigenvalue weighted by molar-refractivity contribution is -0.0342. The summed E-state index contributed by atoms with van der Waals surface area (Å²) < 4.78 is 5.73. The Morgan fingerprint density at radius 3 is 2.62 bits per heavy atom. The van der Waals surface area contributed by atoms with Crippen LogP contribution in [0.1, 0.15) is 24.2 Å². The van der Waals surface area contributed by atoms with Crippen molar-refractivity contribution in [2.75, 3.05) is 20.2 Å². The van der Waals surface area contributed by atoms with Gasteiger partial charge in [0.1, 0.15) is 0 Å². The lowest BCUT2D eigenvalue weighted by atomic mass is 9.87. The van der Waals surface area contributed by atoms with Crippen LogP contribution in [0.15, 0.2) is 12.4 Å². The average Bonchev–Trinajstić information content (AvgIpc) is 2.33. The molecule has 0 aliphatic carbocycles. The highest BCUT2D eigenvalue weighted by Crippen LogP contribution is 2.26. The van der Waals surface area contributed by atoms with Gasteiger partial charge in [0.2, 0.25) is 0 Å². The molecule has 0 spiro atoms. The van der Waals surface area contributed by atoms with E-state index in [4.69, 9.17) is 4.74 Å². The number of methoxy groups -OCH3 is 1. The molecule has 1 saturated heterocycles. The molecule has 88 valence electrons. The van der Waals surface area contributed by atoms with Gasteiger partial charge in [-0.05, 0) is 32.9 Å². The Morgan fingerprint density at radius 2 is 2.00 bits per heavy atom. The SMILES string of the molecule is COC1(Cc2nccnc2C)CCNCC1. The minimum atomic E-state index is -0.0496. The van der Waals surface area contributed by atoms with Crippen molar-refractivity contribution < 1.29 is 4.74 Å². The van der Waals surface area contributed by atoms with Crippen LogP contribution in [0.2, 0.25) is 0 Å². The molecule has 0 unspecified atom stereocenters. The monoisotopic (exact) mass is 221 g/mol. The minimum Gasteiger partial charge on any atom is -0.378 e. The van der Waals surface area contributed by atoms with Gasteiger partial charge in [-0.2, -0.15) is 0 Å². The molecule has 16 heavy (non-hydrogen) atoms. The summed E-state index contributed by atoms with van der Waals surface area (Å²) in [5.74, 6) is 0. The van der Waals surface area contributed by atoms with Gasteiger partial charge in [0, 0.05) is 25.9 Å². The third kappa shape index (κ3) is 2.39. The predicted molar refractivity (Wildman–Crippen MR) is 62.3 cm³/mol. The molecule has 0 aromatic carbocycles. The number of ether oxygens (including phenoxy) is 1. The molecule has 0 bridgehead atoms. The Balaban J connectivity index is 2.15. The Bertz CT molecular complexity index is 348. The van der Waals surface area contributed by atoms with E-state index >= 15 is 0 Å². The van der Waals surface area contributed by atoms with Crippen LogP contribution >= 0.6 is 0 Å². The van der Waals surface area contributed by atoms with E-state index in [2.05, 4.69) is 15.3 Å². The second-order valence-corrected chi connectivity index (χ2v) is 4.40. The normalized spacial score (nSPS) is 19.6. The smallest absolute Gasteiger partial charge is 0.0758 e. The van der Waals surface area contributed by atoms with E-state index in [1.807, 2.05) is 6.92 Å². The Morgan fingerprint density at radius 1 is 1.31 bits per heavy atom. The molecule has 0 amide bonds. The zero-order valence-electron chi connectivity index (χ0n) is 9.99. The van der Waals surface area contributed by atoms with E-state index < -0.39 is 0 Å². The molecule has 0 radical (unpaired) electrons. The van der Waals surface area contributed by atoms with E-state index in [1.54, 1.807) is 19.5 Å². The second kappa shape index (κ2) is 4.89. The van der Waals surface area contributed by atoms with Gasteiger partial charge in [0.15, 0.2) is 0 Å². The summed E-state index contributed by atoms with van der Waals surface area (Å²) >= 11 is 0. The molecule has 1 aromatic rings. The van der Waals surface area contributed by atoms with Gasteiger partial charge in [-0.3, -0.25) is 9.97 Å². The maximum absolute atomic E-state index is 5.73. The van der Waals surface area contributed by atoms with Gasteiger partial charge in [-0.15, -0.1) is 0 Å². The second-order valence-electron chi connectivity index (χ2n) is 4.40. The van der Waals surface area contributed by atoms with Crippen LogP contribution in [-0.4, -0.2) is 35.8 Å². The molecule has 1 fully saturated rings. The topological polar surface area (TPSA) is 47.0 Å². The number of nitrogens with zero attached hydrogens (tertiary/aromatic N) is 2. The zero-order valence-corrected chi connectivity index (χ0v) is 9.99. The first-order valence-electron chi connectivity index (χ1n) is 5.78. The van der Waals surface area contributed by atoms with Crippen molar-refractivity contribution in [2.45, 2.75) is 31.8 Å². The Hall–Kier alpha value is -1.00. The van der Waals surface area contributed by atoms with Crippen LogP contribution in [0, 0.1) is 6.92 Å². The van der Waals surface area contributed by atoms with Crippen LogP contribution in [0.5, 0.6) is 0 Å². The van der Waals surface area contributed by atoms with Crippen molar-refractivity contribution in [1.82, 2.24) is 15.3 Å². The number of hydrogen-bond acceptors (Lipinski definition) is 4. The molecule has 0 atom stereocenters. The van der Waals surface area contributed by atoms with Crippen molar-refractivity contribution in [3.63, 3.8) is 0 Å². The predicted octanol–water partition coefficient (Wildman–Crippen LogP) is 1.10. The average molecular weight is 221 g/mol. The zero-order chi connectivity index (χ0) is 11.4. The van der Waals surface area contributed by atoms with E-state index in [0.717, 1.165) is 43.7 Å². The van der Waals surface area contributed by atoms with Crippen LogP contribution in [0.3, 0.4) is 0 Å². The van der Waals surface area contributed by atoms with Crippen molar-refractivity contribution in [3.05, 3.63) is 23.8 Å². The quantitative estimate of drug-likeness (QED) is 0.830. The fraction of sp³-hybridized carbons (Fsp3) is 0.667. The number of hydrogen-bond donors (Lipinski definition) is 1.